The van der Waals surface area contributed by atoms with Crippen LogP contribution in [0.2, 0.25) is 0 Å². The molecule has 0 radical (unpaired) electrons. The van der Waals surface area contributed by atoms with Crippen molar-refractivity contribution in [3.8, 4) is 0 Å². The van der Waals surface area contributed by atoms with Crippen LogP contribution in [-0.4, -0.2) is 40.5 Å². The maximum Gasteiger partial charge on any atom is 0.220 e. The monoisotopic (exact) mass is 307 g/mol. The smallest absolute Gasteiger partial charge is 0.220 e. The second-order valence-corrected chi connectivity index (χ2v) is 5.92. The highest BCUT2D eigenvalue weighted by molar-refractivity contribution is 7.80. The molecule has 1 aromatic carbocycles. The van der Waals surface area contributed by atoms with Crippen molar-refractivity contribution in [1.29, 1.82) is 0 Å². The van der Waals surface area contributed by atoms with Crippen LogP contribution in [-0.2, 0) is 4.79 Å². The number of amides is 1. The van der Waals surface area contributed by atoms with Gasteiger partial charge in [-0.15, -0.1) is 0 Å². The van der Waals surface area contributed by atoms with Crippen molar-refractivity contribution in [3.63, 3.8) is 0 Å². The molecule has 21 heavy (non-hydrogen) atoms. The number of aliphatic hydroxyl groups excluding tert-OH is 1. The fourth-order valence-electron chi connectivity index (χ4n) is 2.62. The lowest BCUT2D eigenvalue weighted by atomic mass is 9.95. The Hall–Kier alpha value is -1.50. The van der Waals surface area contributed by atoms with Gasteiger partial charge in [-0.3, -0.25) is 4.79 Å². The second kappa shape index (κ2) is 6.98. The van der Waals surface area contributed by atoms with Crippen LogP contribution in [0.15, 0.2) is 24.3 Å². The molecule has 1 atom stereocenters. The SMILES string of the molecule is NC(=O)C1CCN(CC(O)c2ccc(C(N)=S)cc2)CC1. The molecule has 0 saturated carbocycles. The van der Waals surface area contributed by atoms with Crippen LogP contribution in [0.5, 0.6) is 0 Å². The molecule has 114 valence electrons. The topological polar surface area (TPSA) is 92.6 Å². The second-order valence-electron chi connectivity index (χ2n) is 5.48. The number of thiocarbonyl (C=S) groups is 1. The number of piperidine rings is 1. The van der Waals surface area contributed by atoms with Gasteiger partial charge in [-0.2, -0.15) is 0 Å². The molecule has 1 unspecified atom stereocenters. The molecule has 5 nitrogen and oxygen atoms in total. The molecular formula is C15H21N3O2S. The molecule has 1 aliphatic heterocycles. The number of benzene rings is 1. The predicted octanol–water partition coefficient (Wildman–Crippen LogP) is 0.552. The summed E-state index contributed by atoms with van der Waals surface area (Å²) in [6, 6.07) is 7.32. The van der Waals surface area contributed by atoms with E-state index in [0.29, 0.717) is 11.5 Å². The van der Waals surface area contributed by atoms with Gasteiger partial charge < -0.3 is 21.5 Å². The van der Waals surface area contributed by atoms with Gasteiger partial charge in [0.2, 0.25) is 5.91 Å². The summed E-state index contributed by atoms with van der Waals surface area (Å²) in [4.78, 5) is 13.6. The maximum atomic E-state index is 11.1. The largest absolute Gasteiger partial charge is 0.389 e. The predicted molar refractivity (Wildman–Crippen MR) is 85.6 cm³/mol. The van der Waals surface area contributed by atoms with Crippen molar-refractivity contribution in [2.24, 2.45) is 17.4 Å². The summed E-state index contributed by atoms with van der Waals surface area (Å²) in [7, 11) is 0. The van der Waals surface area contributed by atoms with Crippen molar-refractivity contribution in [1.82, 2.24) is 4.90 Å². The Kier molecular flexibility index (Phi) is 5.27. The van der Waals surface area contributed by atoms with E-state index >= 15 is 0 Å². The van der Waals surface area contributed by atoms with E-state index in [-0.39, 0.29) is 11.8 Å². The highest BCUT2D eigenvalue weighted by Crippen LogP contribution is 2.20. The molecule has 1 saturated heterocycles. The number of nitrogens with zero attached hydrogens (tertiary/aromatic N) is 1. The fourth-order valence-corrected chi connectivity index (χ4v) is 2.76. The molecule has 5 N–H and O–H groups in total. The standard InChI is InChI=1S/C15H21N3O2S/c16-14(20)11-5-7-18(8-6-11)9-13(19)10-1-3-12(4-2-10)15(17)21/h1-4,11,13,19H,5-9H2,(H2,16,20)(H2,17,21). The van der Waals surface area contributed by atoms with Gasteiger partial charge in [-0.05, 0) is 31.5 Å². The molecule has 1 amide bonds. The van der Waals surface area contributed by atoms with Crippen molar-refractivity contribution in [2.75, 3.05) is 19.6 Å². The molecule has 1 aliphatic rings. The average molecular weight is 307 g/mol. The number of nitrogens with two attached hydrogens (primary N) is 2. The number of carbonyl (C=O) groups is 1. The van der Waals surface area contributed by atoms with Crippen LogP contribution in [0.3, 0.4) is 0 Å². The highest BCUT2D eigenvalue weighted by atomic mass is 32.1. The van der Waals surface area contributed by atoms with E-state index in [2.05, 4.69) is 4.90 Å². The Bertz CT molecular complexity index is 510. The first-order valence-electron chi connectivity index (χ1n) is 7.07. The Labute approximate surface area is 129 Å². The third-order valence-electron chi connectivity index (χ3n) is 4.00. The van der Waals surface area contributed by atoms with Crippen LogP contribution in [0.1, 0.15) is 30.1 Å². The zero-order valence-electron chi connectivity index (χ0n) is 11.9. The van der Waals surface area contributed by atoms with Gasteiger partial charge in [-0.1, -0.05) is 36.5 Å². The molecular weight excluding hydrogens is 286 g/mol. The lowest BCUT2D eigenvalue weighted by molar-refractivity contribution is -0.123. The quantitative estimate of drug-likeness (QED) is 0.691. The minimum atomic E-state index is -0.560. The van der Waals surface area contributed by atoms with Gasteiger partial charge in [0.1, 0.15) is 4.99 Å². The number of β-amino-alcohol motifs (C(OH)–C–C–N with tert-alkyl or cyclic N) is 1. The molecule has 1 fully saturated rings. The average Bonchev–Trinajstić information content (AvgIpc) is 2.47. The molecule has 0 spiro atoms. The van der Waals surface area contributed by atoms with Gasteiger partial charge >= 0.3 is 0 Å². The van der Waals surface area contributed by atoms with Crippen molar-refractivity contribution in [2.45, 2.75) is 18.9 Å². The third-order valence-corrected chi connectivity index (χ3v) is 4.24. The Morgan fingerprint density at radius 3 is 2.33 bits per heavy atom. The normalized spacial score (nSPS) is 18.3. The summed E-state index contributed by atoms with van der Waals surface area (Å²) in [5.74, 6) is -0.244. The summed E-state index contributed by atoms with van der Waals surface area (Å²) >= 11 is 4.90. The van der Waals surface area contributed by atoms with Gasteiger partial charge in [0.15, 0.2) is 0 Å². The van der Waals surface area contributed by atoms with E-state index in [4.69, 9.17) is 23.7 Å². The van der Waals surface area contributed by atoms with Gasteiger partial charge in [0.25, 0.3) is 0 Å². The van der Waals surface area contributed by atoms with E-state index in [1.165, 1.54) is 0 Å². The van der Waals surface area contributed by atoms with Crippen molar-refractivity contribution in [3.05, 3.63) is 35.4 Å². The number of hydrogen-bond acceptors (Lipinski definition) is 4. The zero-order valence-corrected chi connectivity index (χ0v) is 12.7. The van der Waals surface area contributed by atoms with Gasteiger partial charge in [-0.25, -0.2) is 0 Å². The van der Waals surface area contributed by atoms with E-state index < -0.39 is 6.10 Å². The van der Waals surface area contributed by atoms with Gasteiger partial charge in [0, 0.05) is 18.0 Å². The number of likely N-dealkylation sites (tertiary alicyclic amines) is 1. The minimum absolute atomic E-state index is 0.0248. The minimum Gasteiger partial charge on any atom is -0.389 e. The van der Waals surface area contributed by atoms with Crippen LogP contribution in [0, 0.1) is 5.92 Å². The van der Waals surface area contributed by atoms with Crippen molar-refractivity contribution >= 4 is 23.1 Å². The summed E-state index contributed by atoms with van der Waals surface area (Å²) in [5.41, 5.74) is 12.5. The molecule has 1 aromatic rings. The Morgan fingerprint density at radius 1 is 1.29 bits per heavy atom. The number of hydrogen-bond donors (Lipinski definition) is 3. The maximum absolute atomic E-state index is 11.1. The van der Waals surface area contributed by atoms with E-state index in [0.717, 1.165) is 37.1 Å². The fraction of sp³-hybridized carbons (Fsp3) is 0.467. The first-order valence-corrected chi connectivity index (χ1v) is 7.47. The van der Waals surface area contributed by atoms with Crippen LogP contribution < -0.4 is 11.5 Å². The van der Waals surface area contributed by atoms with Crippen LogP contribution >= 0.6 is 12.2 Å². The van der Waals surface area contributed by atoms with Gasteiger partial charge in [0.05, 0.1) is 6.10 Å². The lowest BCUT2D eigenvalue weighted by Crippen LogP contribution is -2.40. The molecule has 0 aliphatic carbocycles. The summed E-state index contributed by atoms with van der Waals surface area (Å²) in [6.07, 6.45) is 0.973. The highest BCUT2D eigenvalue weighted by Gasteiger charge is 2.24. The Balaban J connectivity index is 1.88. The molecule has 6 heteroatoms. The van der Waals surface area contributed by atoms with Crippen molar-refractivity contribution < 1.29 is 9.90 Å². The lowest BCUT2D eigenvalue weighted by Gasteiger charge is -2.31. The third kappa shape index (κ3) is 4.23. The summed E-state index contributed by atoms with van der Waals surface area (Å²) in [6.45, 7) is 2.13. The van der Waals surface area contributed by atoms with Crippen LogP contribution in [0.4, 0.5) is 0 Å². The summed E-state index contributed by atoms with van der Waals surface area (Å²) in [5, 5.41) is 10.3. The zero-order chi connectivity index (χ0) is 15.4. The van der Waals surface area contributed by atoms with E-state index in [1.807, 2.05) is 24.3 Å². The van der Waals surface area contributed by atoms with E-state index in [1.54, 1.807) is 0 Å². The molecule has 2 rings (SSSR count). The molecule has 0 aromatic heterocycles. The molecule has 1 heterocycles. The number of rotatable bonds is 5. The van der Waals surface area contributed by atoms with Crippen LogP contribution in [0.25, 0.3) is 0 Å². The number of primary amides is 1. The van der Waals surface area contributed by atoms with E-state index in [9.17, 15) is 9.90 Å². The summed E-state index contributed by atoms with van der Waals surface area (Å²) < 4.78 is 0. The molecule has 0 bridgehead atoms. The first kappa shape index (κ1) is 15.9. The Morgan fingerprint density at radius 2 is 1.86 bits per heavy atom. The number of aliphatic hydroxyl groups is 1. The number of carbonyl (C=O) groups excluding carboxylic acids is 1. The first-order chi connectivity index (χ1) is 9.97.